The molecule has 0 spiro atoms. The predicted molar refractivity (Wildman–Crippen MR) is 60.0 cm³/mol. The molecular formula is C12H14N2O. The lowest BCUT2D eigenvalue weighted by Crippen LogP contribution is -1.88. The van der Waals surface area contributed by atoms with Gasteiger partial charge in [-0.25, -0.2) is 4.98 Å². The van der Waals surface area contributed by atoms with Gasteiger partial charge in [-0.1, -0.05) is 19.1 Å². The number of nitrogens with one attached hydrogen (secondary N) is 1. The van der Waals surface area contributed by atoms with Gasteiger partial charge in [-0.3, -0.25) is 0 Å². The minimum Gasteiger partial charge on any atom is -0.496 e. The number of aromatic amines is 1. The first-order chi connectivity index (χ1) is 7.35. The Labute approximate surface area is 89.1 Å². The molecule has 0 atom stereocenters. The second-order valence-electron chi connectivity index (χ2n) is 3.31. The number of benzene rings is 1. The molecule has 0 bridgehead atoms. The van der Waals surface area contributed by atoms with Gasteiger partial charge < -0.3 is 9.72 Å². The SMILES string of the molecule is CCc1cnc(-c2ccccc2OC)[nH]1. The summed E-state index contributed by atoms with van der Waals surface area (Å²) in [7, 11) is 1.67. The highest BCUT2D eigenvalue weighted by Gasteiger charge is 2.07. The van der Waals surface area contributed by atoms with E-state index >= 15 is 0 Å². The second kappa shape index (κ2) is 4.17. The zero-order chi connectivity index (χ0) is 10.7. The first-order valence-corrected chi connectivity index (χ1v) is 5.02. The van der Waals surface area contributed by atoms with E-state index in [0.29, 0.717) is 0 Å². The highest BCUT2D eigenvalue weighted by molar-refractivity contribution is 5.64. The maximum absolute atomic E-state index is 5.28. The van der Waals surface area contributed by atoms with Crippen LogP contribution in [0.15, 0.2) is 30.5 Å². The first kappa shape index (κ1) is 9.77. The fourth-order valence-corrected chi connectivity index (χ4v) is 1.52. The van der Waals surface area contributed by atoms with Crippen molar-refractivity contribution < 1.29 is 4.74 Å². The Bertz CT molecular complexity index is 448. The first-order valence-electron chi connectivity index (χ1n) is 5.02. The zero-order valence-corrected chi connectivity index (χ0v) is 8.95. The third-order valence-electron chi connectivity index (χ3n) is 2.37. The summed E-state index contributed by atoms with van der Waals surface area (Å²) in [4.78, 5) is 7.59. The van der Waals surface area contributed by atoms with Crippen molar-refractivity contribution in [1.82, 2.24) is 9.97 Å². The molecule has 0 fully saturated rings. The van der Waals surface area contributed by atoms with Gasteiger partial charge in [0.1, 0.15) is 11.6 Å². The number of ether oxygens (including phenoxy) is 1. The van der Waals surface area contributed by atoms with Crippen LogP contribution in [0.3, 0.4) is 0 Å². The van der Waals surface area contributed by atoms with E-state index in [-0.39, 0.29) is 0 Å². The van der Waals surface area contributed by atoms with Crippen molar-refractivity contribution in [2.75, 3.05) is 7.11 Å². The zero-order valence-electron chi connectivity index (χ0n) is 8.95. The van der Waals surface area contributed by atoms with Gasteiger partial charge in [-0.05, 0) is 18.6 Å². The van der Waals surface area contributed by atoms with Gasteiger partial charge in [0.25, 0.3) is 0 Å². The van der Waals surface area contributed by atoms with E-state index in [9.17, 15) is 0 Å². The molecule has 1 aromatic heterocycles. The fraction of sp³-hybridized carbons (Fsp3) is 0.250. The molecule has 1 heterocycles. The van der Waals surface area contributed by atoms with Gasteiger partial charge in [0, 0.05) is 11.9 Å². The standard InChI is InChI=1S/C12H14N2O/c1-3-9-8-13-12(14-9)10-6-4-5-7-11(10)15-2/h4-8H,3H2,1-2H3,(H,13,14). The summed E-state index contributed by atoms with van der Waals surface area (Å²) in [5.74, 6) is 1.71. The molecule has 0 saturated carbocycles. The van der Waals surface area contributed by atoms with E-state index in [4.69, 9.17) is 4.74 Å². The fourth-order valence-electron chi connectivity index (χ4n) is 1.52. The van der Waals surface area contributed by atoms with Gasteiger partial charge in [0.15, 0.2) is 0 Å². The second-order valence-corrected chi connectivity index (χ2v) is 3.31. The molecule has 1 N–H and O–H groups in total. The van der Waals surface area contributed by atoms with Crippen LogP contribution in [-0.4, -0.2) is 17.1 Å². The number of aromatic nitrogens is 2. The van der Waals surface area contributed by atoms with E-state index in [1.165, 1.54) is 0 Å². The van der Waals surface area contributed by atoms with Crippen molar-refractivity contribution in [3.8, 4) is 17.1 Å². The molecule has 15 heavy (non-hydrogen) atoms. The Morgan fingerprint density at radius 2 is 2.13 bits per heavy atom. The van der Waals surface area contributed by atoms with Gasteiger partial charge >= 0.3 is 0 Å². The topological polar surface area (TPSA) is 37.9 Å². The van der Waals surface area contributed by atoms with E-state index in [1.807, 2.05) is 30.5 Å². The van der Waals surface area contributed by atoms with Gasteiger partial charge in [0.05, 0.1) is 12.7 Å². The van der Waals surface area contributed by atoms with Crippen LogP contribution in [0.2, 0.25) is 0 Å². The van der Waals surface area contributed by atoms with Crippen LogP contribution < -0.4 is 4.74 Å². The molecule has 3 nitrogen and oxygen atoms in total. The Balaban J connectivity index is 2.44. The molecule has 2 rings (SSSR count). The lowest BCUT2D eigenvalue weighted by atomic mass is 10.2. The lowest BCUT2D eigenvalue weighted by Gasteiger charge is -2.04. The Morgan fingerprint density at radius 3 is 2.80 bits per heavy atom. The van der Waals surface area contributed by atoms with Crippen molar-refractivity contribution in [2.24, 2.45) is 0 Å². The van der Waals surface area contributed by atoms with Crippen LogP contribution in [0.4, 0.5) is 0 Å². The average molecular weight is 202 g/mol. The molecule has 3 heteroatoms. The monoisotopic (exact) mass is 202 g/mol. The minimum atomic E-state index is 0.842. The summed E-state index contributed by atoms with van der Waals surface area (Å²) in [6.07, 6.45) is 2.82. The molecule has 2 aromatic rings. The van der Waals surface area contributed by atoms with Crippen LogP contribution in [-0.2, 0) is 6.42 Å². The maximum Gasteiger partial charge on any atom is 0.141 e. The largest absolute Gasteiger partial charge is 0.496 e. The summed E-state index contributed by atoms with van der Waals surface area (Å²) in [5, 5.41) is 0. The summed E-state index contributed by atoms with van der Waals surface area (Å²) in [5.41, 5.74) is 2.13. The van der Waals surface area contributed by atoms with Gasteiger partial charge in [-0.15, -0.1) is 0 Å². The van der Waals surface area contributed by atoms with Gasteiger partial charge in [-0.2, -0.15) is 0 Å². The van der Waals surface area contributed by atoms with E-state index in [2.05, 4.69) is 16.9 Å². The predicted octanol–water partition coefficient (Wildman–Crippen LogP) is 2.65. The number of para-hydroxylation sites is 1. The average Bonchev–Trinajstić information content (AvgIpc) is 2.77. The molecule has 0 aliphatic heterocycles. The Morgan fingerprint density at radius 1 is 1.33 bits per heavy atom. The number of aryl methyl sites for hydroxylation is 1. The molecular weight excluding hydrogens is 188 g/mol. The lowest BCUT2D eigenvalue weighted by molar-refractivity contribution is 0.416. The number of hydrogen-bond acceptors (Lipinski definition) is 2. The third-order valence-corrected chi connectivity index (χ3v) is 2.37. The number of nitrogens with zero attached hydrogens (tertiary/aromatic N) is 1. The number of hydrogen-bond donors (Lipinski definition) is 1. The summed E-state index contributed by atoms with van der Waals surface area (Å²) >= 11 is 0. The minimum absolute atomic E-state index is 0.842. The van der Waals surface area contributed by atoms with E-state index in [0.717, 1.165) is 29.3 Å². The van der Waals surface area contributed by atoms with Crippen molar-refractivity contribution in [3.05, 3.63) is 36.2 Å². The van der Waals surface area contributed by atoms with Crippen LogP contribution in [0.1, 0.15) is 12.6 Å². The Hall–Kier alpha value is -1.77. The Kier molecular flexibility index (Phi) is 2.72. The summed E-state index contributed by atoms with van der Waals surface area (Å²) in [6.45, 7) is 2.10. The molecule has 0 unspecified atom stereocenters. The van der Waals surface area contributed by atoms with Crippen LogP contribution in [0, 0.1) is 0 Å². The van der Waals surface area contributed by atoms with Crippen molar-refractivity contribution in [2.45, 2.75) is 13.3 Å². The van der Waals surface area contributed by atoms with Crippen LogP contribution in [0.5, 0.6) is 5.75 Å². The van der Waals surface area contributed by atoms with Gasteiger partial charge in [0.2, 0.25) is 0 Å². The summed E-state index contributed by atoms with van der Waals surface area (Å²) < 4.78 is 5.28. The van der Waals surface area contributed by atoms with Crippen molar-refractivity contribution >= 4 is 0 Å². The van der Waals surface area contributed by atoms with Crippen LogP contribution >= 0.6 is 0 Å². The third kappa shape index (κ3) is 1.86. The van der Waals surface area contributed by atoms with Crippen molar-refractivity contribution in [1.29, 1.82) is 0 Å². The molecule has 0 aliphatic rings. The summed E-state index contributed by atoms with van der Waals surface area (Å²) in [6, 6.07) is 7.86. The maximum atomic E-state index is 5.28. The van der Waals surface area contributed by atoms with E-state index in [1.54, 1.807) is 7.11 Å². The van der Waals surface area contributed by atoms with Crippen molar-refractivity contribution in [3.63, 3.8) is 0 Å². The molecule has 0 saturated heterocycles. The number of methoxy groups -OCH3 is 1. The quantitative estimate of drug-likeness (QED) is 0.830. The molecule has 1 aromatic carbocycles. The van der Waals surface area contributed by atoms with Crippen LogP contribution in [0.25, 0.3) is 11.4 Å². The molecule has 0 amide bonds. The molecule has 0 radical (unpaired) electrons. The smallest absolute Gasteiger partial charge is 0.141 e. The number of rotatable bonds is 3. The highest BCUT2D eigenvalue weighted by atomic mass is 16.5. The number of H-pyrrole nitrogens is 1. The molecule has 0 aliphatic carbocycles. The highest BCUT2D eigenvalue weighted by Crippen LogP contribution is 2.26. The number of imidazole rings is 1. The normalized spacial score (nSPS) is 10.3. The van der Waals surface area contributed by atoms with E-state index < -0.39 is 0 Å². The molecule has 78 valence electrons.